The molecule has 18 heavy (non-hydrogen) atoms. The Morgan fingerprint density at radius 1 is 1.28 bits per heavy atom. The molecule has 6 heteroatoms. The van der Waals surface area contributed by atoms with Crippen LogP contribution in [0.1, 0.15) is 19.3 Å². The number of hydrogen-bond acceptors (Lipinski definition) is 4. The van der Waals surface area contributed by atoms with Gasteiger partial charge in [0, 0.05) is 19.1 Å². The predicted molar refractivity (Wildman–Crippen MR) is 70.0 cm³/mol. The summed E-state index contributed by atoms with van der Waals surface area (Å²) in [5.41, 5.74) is 5.28. The van der Waals surface area contributed by atoms with Gasteiger partial charge in [-0.25, -0.2) is 0 Å². The SMILES string of the molecule is CN(CC1(N(C)C)CCC1)C(=O)CNC(=O)CN. The Morgan fingerprint density at radius 3 is 2.28 bits per heavy atom. The molecule has 0 spiro atoms. The molecule has 1 saturated carbocycles. The van der Waals surface area contributed by atoms with E-state index in [-0.39, 0.29) is 30.4 Å². The van der Waals surface area contributed by atoms with Gasteiger partial charge in [0.1, 0.15) is 0 Å². The third kappa shape index (κ3) is 3.43. The van der Waals surface area contributed by atoms with Gasteiger partial charge in [-0.15, -0.1) is 0 Å². The topological polar surface area (TPSA) is 78.7 Å². The third-order valence-electron chi connectivity index (χ3n) is 3.81. The molecular formula is C12H24N4O2. The second-order valence-corrected chi connectivity index (χ2v) is 5.20. The van der Waals surface area contributed by atoms with E-state index in [2.05, 4.69) is 10.2 Å². The summed E-state index contributed by atoms with van der Waals surface area (Å²) in [6, 6.07) is 0. The Kier molecular flexibility index (Phi) is 5.10. The van der Waals surface area contributed by atoms with Crippen LogP contribution in [-0.2, 0) is 9.59 Å². The van der Waals surface area contributed by atoms with Crippen molar-refractivity contribution in [2.75, 3.05) is 40.8 Å². The molecule has 0 saturated heterocycles. The number of rotatable bonds is 6. The first kappa shape index (κ1) is 14.9. The van der Waals surface area contributed by atoms with Crippen molar-refractivity contribution in [1.82, 2.24) is 15.1 Å². The molecule has 2 amide bonds. The number of carbonyl (C=O) groups excluding carboxylic acids is 2. The summed E-state index contributed by atoms with van der Waals surface area (Å²) in [7, 11) is 5.88. The van der Waals surface area contributed by atoms with E-state index in [0.717, 1.165) is 12.8 Å². The highest BCUT2D eigenvalue weighted by Gasteiger charge is 2.40. The first-order chi connectivity index (χ1) is 8.41. The largest absolute Gasteiger partial charge is 0.346 e. The van der Waals surface area contributed by atoms with Crippen LogP contribution in [0.2, 0.25) is 0 Å². The summed E-state index contributed by atoms with van der Waals surface area (Å²) in [5, 5.41) is 2.50. The van der Waals surface area contributed by atoms with Crippen molar-refractivity contribution in [2.24, 2.45) is 5.73 Å². The van der Waals surface area contributed by atoms with Crippen LogP contribution >= 0.6 is 0 Å². The van der Waals surface area contributed by atoms with Gasteiger partial charge in [0.05, 0.1) is 13.1 Å². The second-order valence-electron chi connectivity index (χ2n) is 5.20. The number of carbonyl (C=O) groups is 2. The van der Waals surface area contributed by atoms with Crippen LogP contribution in [0.5, 0.6) is 0 Å². The average Bonchev–Trinajstić information content (AvgIpc) is 2.29. The minimum Gasteiger partial charge on any atom is -0.346 e. The Bertz CT molecular complexity index is 313. The van der Waals surface area contributed by atoms with Gasteiger partial charge in [0.25, 0.3) is 0 Å². The number of nitrogens with two attached hydrogens (primary N) is 1. The summed E-state index contributed by atoms with van der Waals surface area (Å²) in [4.78, 5) is 26.7. The fourth-order valence-electron chi connectivity index (χ4n) is 2.24. The monoisotopic (exact) mass is 256 g/mol. The maximum Gasteiger partial charge on any atom is 0.241 e. The van der Waals surface area contributed by atoms with Crippen molar-refractivity contribution >= 4 is 11.8 Å². The Labute approximate surface area is 108 Å². The van der Waals surface area contributed by atoms with Gasteiger partial charge in [-0.2, -0.15) is 0 Å². The van der Waals surface area contributed by atoms with E-state index in [1.807, 2.05) is 14.1 Å². The van der Waals surface area contributed by atoms with E-state index in [9.17, 15) is 9.59 Å². The van der Waals surface area contributed by atoms with Gasteiger partial charge in [-0.05, 0) is 33.4 Å². The second kappa shape index (κ2) is 6.15. The molecule has 104 valence electrons. The van der Waals surface area contributed by atoms with E-state index in [4.69, 9.17) is 5.73 Å². The first-order valence-corrected chi connectivity index (χ1v) is 6.29. The van der Waals surface area contributed by atoms with Gasteiger partial charge in [-0.1, -0.05) is 0 Å². The molecule has 1 fully saturated rings. The van der Waals surface area contributed by atoms with Gasteiger partial charge in [0.2, 0.25) is 11.8 Å². The molecule has 0 aromatic carbocycles. The van der Waals surface area contributed by atoms with Crippen molar-refractivity contribution in [1.29, 1.82) is 0 Å². The maximum atomic E-state index is 11.9. The lowest BCUT2D eigenvalue weighted by molar-refractivity contribution is -0.133. The normalized spacial score (nSPS) is 17.2. The van der Waals surface area contributed by atoms with Crippen LogP contribution < -0.4 is 11.1 Å². The lowest BCUT2D eigenvalue weighted by Crippen LogP contribution is -2.58. The minimum atomic E-state index is -0.303. The molecule has 1 rings (SSSR count). The molecule has 0 atom stereocenters. The summed E-state index contributed by atoms with van der Waals surface area (Å²) in [6.45, 7) is 0.645. The highest BCUT2D eigenvalue weighted by Crippen LogP contribution is 2.36. The molecule has 0 radical (unpaired) electrons. The Hall–Kier alpha value is -1.14. The molecule has 0 aromatic rings. The first-order valence-electron chi connectivity index (χ1n) is 6.29. The number of nitrogens with zero attached hydrogens (tertiary/aromatic N) is 2. The summed E-state index contributed by atoms with van der Waals surface area (Å²) >= 11 is 0. The highest BCUT2D eigenvalue weighted by atomic mass is 16.2. The molecular weight excluding hydrogens is 232 g/mol. The molecule has 0 aliphatic heterocycles. The molecule has 0 aromatic heterocycles. The highest BCUT2D eigenvalue weighted by molar-refractivity contribution is 5.85. The fourth-order valence-corrected chi connectivity index (χ4v) is 2.24. The number of amides is 2. The molecule has 1 aliphatic carbocycles. The number of nitrogens with one attached hydrogen (secondary N) is 1. The van der Waals surface area contributed by atoms with Crippen LogP contribution in [0.15, 0.2) is 0 Å². The quantitative estimate of drug-likeness (QED) is 0.639. The lowest BCUT2D eigenvalue weighted by atomic mass is 9.75. The van der Waals surface area contributed by atoms with Gasteiger partial charge in [-0.3, -0.25) is 9.59 Å². The van der Waals surface area contributed by atoms with Crippen molar-refractivity contribution in [3.63, 3.8) is 0 Å². The summed E-state index contributed by atoms with van der Waals surface area (Å²) in [6.07, 6.45) is 3.45. The van der Waals surface area contributed by atoms with Crippen LogP contribution in [0.25, 0.3) is 0 Å². The van der Waals surface area contributed by atoms with Crippen molar-refractivity contribution < 1.29 is 9.59 Å². The Morgan fingerprint density at radius 2 is 1.89 bits per heavy atom. The van der Waals surface area contributed by atoms with E-state index >= 15 is 0 Å². The average molecular weight is 256 g/mol. The molecule has 3 N–H and O–H groups in total. The zero-order chi connectivity index (χ0) is 13.8. The fraction of sp³-hybridized carbons (Fsp3) is 0.833. The van der Waals surface area contributed by atoms with Crippen LogP contribution in [-0.4, -0.2) is 67.9 Å². The molecule has 1 aliphatic rings. The zero-order valence-electron chi connectivity index (χ0n) is 11.5. The van der Waals surface area contributed by atoms with Crippen molar-refractivity contribution in [3.05, 3.63) is 0 Å². The van der Waals surface area contributed by atoms with Crippen molar-refractivity contribution in [3.8, 4) is 0 Å². The number of hydrogen-bond donors (Lipinski definition) is 2. The van der Waals surface area contributed by atoms with Gasteiger partial charge >= 0.3 is 0 Å². The molecule has 0 bridgehead atoms. The van der Waals surface area contributed by atoms with Gasteiger partial charge < -0.3 is 20.9 Å². The molecule has 0 unspecified atom stereocenters. The van der Waals surface area contributed by atoms with Crippen LogP contribution in [0.3, 0.4) is 0 Å². The van der Waals surface area contributed by atoms with E-state index < -0.39 is 0 Å². The van der Waals surface area contributed by atoms with Crippen LogP contribution in [0.4, 0.5) is 0 Å². The standard InChI is InChI=1S/C12H24N4O2/c1-15(2)12(5-4-6-12)9-16(3)11(18)8-14-10(17)7-13/h4-9,13H2,1-3H3,(H,14,17). The predicted octanol–water partition coefficient (Wildman–Crippen LogP) is -0.996. The van der Waals surface area contributed by atoms with E-state index in [0.29, 0.717) is 6.54 Å². The molecule has 0 heterocycles. The van der Waals surface area contributed by atoms with Gasteiger partial charge in [0.15, 0.2) is 0 Å². The minimum absolute atomic E-state index is 0.0239. The lowest BCUT2D eigenvalue weighted by Gasteiger charge is -2.49. The molecule has 6 nitrogen and oxygen atoms in total. The number of likely N-dealkylation sites (N-methyl/N-ethyl adjacent to an activating group) is 2. The van der Waals surface area contributed by atoms with E-state index in [1.54, 1.807) is 11.9 Å². The van der Waals surface area contributed by atoms with E-state index in [1.165, 1.54) is 6.42 Å². The third-order valence-corrected chi connectivity index (χ3v) is 3.81. The van der Waals surface area contributed by atoms with Crippen LogP contribution in [0, 0.1) is 0 Å². The summed E-state index contributed by atoms with van der Waals surface area (Å²) in [5.74, 6) is -0.382. The maximum absolute atomic E-state index is 11.9. The Balaban J connectivity index is 2.42. The smallest absolute Gasteiger partial charge is 0.241 e. The zero-order valence-corrected chi connectivity index (χ0v) is 11.5. The summed E-state index contributed by atoms with van der Waals surface area (Å²) < 4.78 is 0. The van der Waals surface area contributed by atoms with Crippen molar-refractivity contribution in [2.45, 2.75) is 24.8 Å².